The fourth-order valence-corrected chi connectivity index (χ4v) is 4.11. The van der Waals surface area contributed by atoms with Crippen LogP contribution in [0.25, 0.3) is 28.2 Å². The zero-order valence-electron chi connectivity index (χ0n) is 18.1. The Bertz CT molecular complexity index is 1300. The predicted octanol–water partition coefficient (Wildman–Crippen LogP) is 3.58. The van der Waals surface area contributed by atoms with Crippen LogP contribution in [0, 0.1) is 11.7 Å². The van der Waals surface area contributed by atoms with Gasteiger partial charge in [-0.05, 0) is 50.1 Å². The zero-order valence-corrected chi connectivity index (χ0v) is 18.1. The van der Waals surface area contributed by atoms with Crippen LogP contribution in [0.1, 0.15) is 19.8 Å². The minimum Gasteiger partial charge on any atom is -0.466 e. The first-order valence-corrected chi connectivity index (χ1v) is 10.8. The second-order valence-corrected chi connectivity index (χ2v) is 7.84. The Hall–Kier alpha value is -3.95. The lowest BCUT2D eigenvalue weighted by molar-refractivity contribution is -0.148. The van der Waals surface area contributed by atoms with Gasteiger partial charge in [0.05, 0.1) is 29.9 Å². The summed E-state index contributed by atoms with van der Waals surface area (Å²) in [5, 5.41) is 5.08. The van der Waals surface area contributed by atoms with Crippen LogP contribution in [0.3, 0.4) is 0 Å². The number of esters is 1. The first kappa shape index (κ1) is 20.9. The molecule has 0 aliphatic carbocycles. The quantitative estimate of drug-likeness (QED) is 0.459. The molecule has 1 aromatic carbocycles. The number of piperidine rings is 1. The molecule has 0 atom stereocenters. The maximum Gasteiger partial charge on any atom is 0.309 e. The van der Waals surface area contributed by atoms with Gasteiger partial charge in [-0.1, -0.05) is 6.07 Å². The van der Waals surface area contributed by atoms with Crippen LogP contribution in [0.4, 0.5) is 16.2 Å². The Balaban J connectivity index is 1.56. The summed E-state index contributed by atoms with van der Waals surface area (Å²) in [7, 11) is 0. The molecule has 0 bridgehead atoms. The molecule has 2 N–H and O–H groups in total. The molecule has 10 heteroatoms. The van der Waals surface area contributed by atoms with Crippen LogP contribution in [0.2, 0.25) is 0 Å². The van der Waals surface area contributed by atoms with Gasteiger partial charge in [0.25, 0.3) is 0 Å². The van der Waals surface area contributed by atoms with Gasteiger partial charge < -0.3 is 19.8 Å². The van der Waals surface area contributed by atoms with E-state index in [-0.39, 0.29) is 17.7 Å². The third-order valence-corrected chi connectivity index (χ3v) is 5.76. The summed E-state index contributed by atoms with van der Waals surface area (Å²) < 4.78 is 26.0. The lowest BCUT2D eigenvalue weighted by Crippen LogP contribution is -2.38. The largest absolute Gasteiger partial charge is 0.466 e. The smallest absolute Gasteiger partial charge is 0.309 e. The minimum absolute atomic E-state index is 0.127. The Kier molecular flexibility index (Phi) is 5.41. The van der Waals surface area contributed by atoms with E-state index in [0.717, 1.165) is 0 Å². The topological polar surface area (TPSA) is 112 Å². The summed E-state index contributed by atoms with van der Waals surface area (Å²) in [6.07, 6.45) is 2.85. The second kappa shape index (κ2) is 8.53. The number of hydrogen-bond acceptors (Lipinski definition) is 8. The number of rotatable bonds is 5. The van der Waals surface area contributed by atoms with Gasteiger partial charge in [0.2, 0.25) is 5.95 Å². The number of nitrogens with two attached hydrogens (primary N) is 1. The standard InChI is InChI=1S/C23H23FN6O3/c1-2-32-22(31)14-8-10-29(11-9-14)23-26-19(17-7-4-12-33-17)18-20(25)30(28-21(18)27-23)16-6-3-5-15(24)13-16/h3-7,12-14H,2,8-11,25H2,1H3. The van der Waals surface area contributed by atoms with E-state index >= 15 is 0 Å². The number of hydrogen-bond donors (Lipinski definition) is 1. The predicted molar refractivity (Wildman–Crippen MR) is 120 cm³/mol. The Morgan fingerprint density at radius 1 is 1.24 bits per heavy atom. The molecule has 5 rings (SSSR count). The van der Waals surface area contributed by atoms with E-state index in [4.69, 9.17) is 19.9 Å². The third-order valence-electron chi connectivity index (χ3n) is 5.76. The highest BCUT2D eigenvalue weighted by atomic mass is 19.1. The number of nitrogen functional groups attached to an aromatic ring is 1. The fourth-order valence-electron chi connectivity index (χ4n) is 4.11. The highest BCUT2D eigenvalue weighted by Gasteiger charge is 2.29. The van der Waals surface area contributed by atoms with Crippen molar-refractivity contribution < 1.29 is 18.3 Å². The molecular weight excluding hydrogens is 427 g/mol. The molecule has 0 saturated carbocycles. The van der Waals surface area contributed by atoms with E-state index in [0.29, 0.717) is 66.7 Å². The molecule has 1 aliphatic heterocycles. The molecule has 0 radical (unpaired) electrons. The average molecular weight is 450 g/mol. The van der Waals surface area contributed by atoms with Crippen molar-refractivity contribution in [1.29, 1.82) is 0 Å². The second-order valence-electron chi connectivity index (χ2n) is 7.84. The molecule has 3 aromatic heterocycles. The number of aromatic nitrogens is 4. The lowest BCUT2D eigenvalue weighted by atomic mass is 9.97. The van der Waals surface area contributed by atoms with Gasteiger partial charge in [-0.2, -0.15) is 4.98 Å². The summed E-state index contributed by atoms with van der Waals surface area (Å²) in [5.41, 5.74) is 7.79. The molecule has 0 unspecified atom stereocenters. The van der Waals surface area contributed by atoms with Crippen LogP contribution < -0.4 is 10.6 Å². The highest BCUT2D eigenvalue weighted by molar-refractivity contribution is 5.98. The SMILES string of the molecule is CCOC(=O)C1CCN(c2nc(-c3ccco3)c3c(N)n(-c4cccc(F)c4)nc3n2)CC1. The summed E-state index contributed by atoms with van der Waals surface area (Å²) in [6, 6.07) is 9.57. The number of nitrogens with zero attached hydrogens (tertiary/aromatic N) is 5. The number of fused-ring (bicyclic) bond motifs is 1. The van der Waals surface area contributed by atoms with Gasteiger partial charge in [0, 0.05) is 13.1 Å². The summed E-state index contributed by atoms with van der Waals surface area (Å²) in [5.74, 6) is 0.600. The highest BCUT2D eigenvalue weighted by Crippen LogP contribution is 2.34. The summed E-state index contributed by atoms with van der Waals surface area (Å²) >= 11 is 0. The summed E-state index contributed by atoms with van der Waals surface area (Å²) in [6.45, 7) is 3.39. The van der Waals surface area contributed by atoms with Crippen LogP contribution >= 0.6 is 0 Å². The van der Waals surface area contributed by atoms with Crippen molar-refractivity contribution in [3.8, 4) is 17.1 Å². The van der Waals surface area contributed by atoms with Crippen molar-refractivity contribution in [2.45, 2.75) is 19.8 Å². The van der Waals surface area contributed by atoms with Crippen LogP contribution in [0.15, 0.2) is 47.1 Å². The number of halogens is 1. The fraction of sp³-hybridized carbons (Fsp3) is 0.304. The van der Waals surface area contributed by atoms with Crippen molar-refractivity contribution in [2.24, 2.45) is 5.92 Å². The molecule has 1 aliphatic rings. The Morgan fingerprint density at radius 2 is 2.06 bits per heavy atom. The van der Waals surface area contributed by atoms with Gasteiger partial charge in [-0.3, -0.25) is 4.79 Å². The molecular formula is C23H23FN6O3. The van der Waals surface area contributed by atoms with Crippen LogP contribution in [0.5, 0.6) is 0 Å². The van der Waals surface area contributed by atoms with Crippen LogP contribution in [-0.2, 0) is 9.53 Å². The number of ether oxygens (including phenoxy) is 1. The zero-order chi connectivity index (χ0) is 22.9. The Labute approximate surface area is 189 Å². The van der Waals surface area contributed by atoms with Gasteiger partial charge >= 0.3 is 5.97 Å². The van der Waals surface area contributed by atoms with E-state index in [2.05, 4.69) is 10.1 Å². The third kappa shape index (κ3) is 3.88. The molecule has 1 fully saturated rings. The normalized spacial score (nSPS) is 14.7. The first-order chi connectivity index (χ1) is 16.0. The van der Waals surface area contributed by atoms with Crippen molar-refractivity contribution in [2.75, 3.05) is 30.3 Å². The number of carbonyl (C=O) groups is 1. The van der Waals surface area contributed by atoms with Crippen molar-refractivity contribution in [1.82, 2.24) is 19.7 Å². The number of furan rings is 1. The van der Waals surface area contributed by atoms with E-state index in [1.165, 1.54) is 16.8 Å². The van der Waals surface area contributed by atoms with Gasteiger partial charge in [0.15, 0.2) is 11.4 Å². The maximum absolute atomic E-state index is 13.8. The number of anilines is 2. The molecule has 0 amide bonds. The van der Waals surface area contributed by atoms with E-state index < -0.39 is 5.82 Å². The molecule has 0 spiro atoms. The van der Waals surface area contributed by atoms with Gasteiger partial charge in [-0.25, -0.2) is 14.1 Å². The van der Waals surface area contributed by atoms with Gasteiger partial charge in [0.1, 0.15) is 17.3 Å². The summed E-state index contributed by atoms with van der Waals surface area (Å²) in [4.78, 5) is 23.5. The van der Waals surface area contributed by atoms with Gasteiger partial charge in [-0.15, -0.1) is 5.10 Å². The van der Waals surface area contributed by atoms with E-state index in [1.54, 1.807) is 37.5 Å². The van der Waals surface area contributed by atoms with E-state index in [1.807, 2.05) is 4.90 Å². The first-order valence-electron chi connectivity index (χ1n) is 10.8. The monoisotopic (exact) mass is 450 g/mol. The molecule has 4 aromatic rings. The molecule has 33 heavy (non-hydrogen) atoms. The molecule has 170 valence electrons. The number of carbonyl (C=O) groups excluding carboxylic acids is 1. The van der Waals surface area contributed by atoms with E-state index in [9.17, 15) is 9.18 Å². The van der Waals surface area contributed by atoms with Crippen molar-refractivity contribution in [3.63, 3.8) is 0 Å². The molecule has 9 nitrogen and oxygen atoms in total. The molecule has 4 heterocycles. The number of benzene rings is 1. The lowest BCUT2D eigenvalue weighted by Gasteiger charge is -2.30. The minimum atomic E-state index is -0.394. The average Bonchev–Trinajstić information content (AvgIpc) is 3.47. The Morgan fingerprint density at radius 3 is 2.76 bits per heavy atom. The van der Waals surface area contributed by atoms with Crippen LogP contribution in [-0.4, -0.2) is 45.4 Å². The van der Waals surface area contributed by atoms with Crippen molar-refractivity contribution >= 4 is 28.8 Å². The molecule has 1 saturated heterocycles. The maximum atomic E-state index is 13.8. The van der Waals surface area contributed by atoms with Crippen molar-refractivity contribution in [3.05, 3.63) is 48.5 Å².